The van der Waals surface area contributed by atoms with Gasteiger partial charge in [-0.2, -0.15) is 0 Å². The van der Waals surface area contributed by atoms with Crippen LogP contribution in [0.5, 0.6) is 0 Å². The Labute approximate surface area is 122 Å². The molecular formula is C14H17N5O2. The van der Waals surface area contributed by atoms with Crippen molar-refractivity contribution in [1.29, 1.82) is 0 Å². The third kappa shape index (κ3) is 3.25. The number of nitrogens with two attached hydrogens (primary N) is 1. The van der Waals surface area contributed by atoms with Crippen molar-refractivity contribution < 1.29 is 9.59 Å². The van der Waals surface area contributed by atoms with Crippen LogP contribution in [0.3, 0.4) is 0 Å². The fourth-order valence-electron chi connectivity index (χ4n) is 1.77. The Morgan fingerprint density at radius 2 is 2.05 bits per heavy atom. The van der Waals surface area contributed by atoms with Gasteiger partial charge in [-0.1, -0.05) is 13.8 Å². The third-order valence-electron chi connectivity index (χ3n) is 3.01. The van der Waals surface area contributed by atoms with E-state index < -0.39 is 11.8 Å². The zero-order valence-electron chi connectivity index (χ0n) is 12.1. The van der Waals surface area contributed by atoms with Gasteiger partial charge in [0.15, 0.2) is 0 Å². The van der Waals surface area contributed by atoms with Crippen molar-refractivity contribution in [2.75, 3.05) is 5.32 Å². The van der Waals surface area contributed by atoms with Crippen LogP contribution in [0.1, 0.15) is 52.1 Å². The number of rotatable bonds is 4. The van der Waals surface area contributed by atoms with E-state index in [1.807, 2.05) is 13.8 Å². The lowest BCUT2D eigenvalue weighted by Crippen LogP contribution is -2.16. The SMILES string of the molecule is Cc1cc(C(N)=O)ccc1NC(=O)c1n[nH]c(C(C)C)n1. The first-order valence-electron chi connectivity index (χ1n) is 6.52. The van der Waals surface area contributed by atoms with E-state index in [0.717, 1.165) is 5.56 Å². The van der Waals surface area contributed by atoms with Crippen LogP contribution in [0.15, 0.2) is 18.2 Å². The molecule has 7 nitrogen and oxygen atoms in total. The minimum atomic E-state index is -0.508. The van der Waals surface area contributed by atoms with Crippen LogP contribution in [-0.4, -0.2) is 27.0 Å². The highest BCUT2D eigenvalue weighted by Gasteiger charge is 2.15. The molecule has 0 aliphatic carbocycles. The first-order valence-corrected chi connectivity index (χ1v) is 6.52. The largest absolute Gasteiger partial charge is 0.366 e. The van der Waals surface area contributed by atoms with Crippen molar-refractivity contribution in [3.63, 3.8) is 0 Å². The summed E-state index contributed by atoms with van der Waals surface area (Å²) in [5.74, 6) is -0.0201. The van der Waals surface area contributed by atoms with Gasteiger partial charge in [-0.25, -0.2) is 4.98 Å². The molecule has 0 spiro atoms. The van der Waals surface area contributed by atoms with Crippen molar-refractivity contribution in [1.82, 2.24) is 15.2 Å². The van der Waals surface area contributed by atoms with E-state index >= 15 is 0 Å². The summed E-state index contributed by atoms with van der Waals surface area (Å²) in [7, 11) is 0. The molecule has 0 aliphatic rings. The number of benzene rings is 1. The van der Waals surface area contributed by atoms with Crippen LogP contribution in [0.2, 0.25) is 0 Å². The van der Waals surface area contributed by atoms with E-state index in [2.05, 4.69) is 20.5 Å². The number of amides is 2. The number of carbonyl (C=O) groups is 2. The van der Waals surface area contributed by atoms with Gasteiger partial charge < -0.3 is 11.1 Å². The number of nitrogens with zero attached hydrogens (tertiary/aromatic N) is 2. The lowest BCUT2D eigenvalue weighted by Gasteiger charge is -2.07. The molecule has 7 heteroatoms. The Hall–Kier alpha value is -2.70. The molecule has 110 valence electrons. The molecular weight excluding hydrogens is 270 g/mol. The zero-order chi connectivity index (χ0) is 15.6. The van der Waals surface area contributed by atoms with Crippen LogP contribution in [0, 0.1) is 6.92 Å². The van der Waals surface area contributed by atoms with Crippen LogP contribution in [0.4, 0.5) is 5.69 Å². The van der Waals surface area contributed by atoms with Gasteiger partial charge in [-0.3, -0.25) is 14.7 Å². The van der Waals surface area contributed by atoms with Crippen LogP contribution in [-0.2, 0) is 0 Å². The minimum Gasteiger partial charge on any atom is -0.366 e. The Morgan fingerprint density at radius 1 is 1.33 bits per heavy atom. The summed E-state index contributed by atoms with van der Waals surface area (Å²) in [6.45, 7) is 5.68. The summed E-state index contributed by atoms with van der Waals surface area (Å²) in [5, 5.41) is 9.32. The van der Waals surface area contributed by atoms with Gasteiger partial charge in [0.05, 0.1) is 0 Å². The van der Waals surface area contributed by atoms with Gasteiger partial charge >= 0.3 is 0 Å². The molecule has 0 saturated carbocycles. The van der Waals surface area contributed by atoms with Gasteiger partial charge in [-0.15, -0.1) is 5.10 Å². The lowest BCUT2D eigenvalue weighted by molar-refractivity contribution is 0.0997. The van der Waals surface area contributed by atoms with E-state index in [4.69, 9.17) is 5.73 Å². The molecule has 1 aromatic carbocycles. The maximum Gasteiger partial charge on any atom is 0.295 e. The quantitative estimate of drug-likeness (QED) is 0.792. The number of aromatic nitrogens is 3. The number of H-pyrrole nitrogens is 1. The van der Waals surface area contributed by atoms with Crippen molar-refractivity contribution in [2.24, 2.45) is 5.73 Å². The van der Waals surface area contributed by atoms with Crippen molar-refractivity contribution in [3.8, 4) is 0 Å². The molecule has 0 bridgehead atoms. The second kappa shape index (κ2) is 5.74. The molecule has 2 aromatic rings. The second-order valence-corrected chi connectivity index (χ2v) is 5.05. The monoisotopic (exact) mass is 287 g/mol. The van der Waals surface area contributed by atoms with Crippen molar-refractivity contribution in [3.05, 3.63) is 41.0 Å². The average molecular weight is 287 g/mol. The fraction of sp³-hybridized carbons (Fsp3) is 0.286. The Morgan fingerprint density at radius 3 is 2.57 bits per heavy atom. The molecule has 0 fully saturated rings. The molecule has 1 heterocycles. The summed E-state index contributed by atoms with van der Waals surface area (Å²) in [6.07, 6.45) is 0. The molecule has 0 atom stereocenters. The molecule has 1 aromatic heterocycles. The zero-order valence-corrected chi connectivity index (χ0v) is 12.1. The van der Waals surface area contributed by atoms with Gasteiger partial charge in [-0.05, 0) is 30.7 Å². The Bertz CT molecular complexity index is 690. The predicted octanol–water partition coefficient (Wildman–Crippen LogP) is 1.59. The van der Waals surface area contributed by atoms with Crippen molar-refractivity contribution >= 4 is 17.5 Å². The number of anilines is 1. The summed E-state index contributed by atoms with van der Waals surface area (Å²) in [6, 6.07) is 4.81. The maximum absolute atomic E-state index is 12.1. The number of primary amides is 1. The fourth-order valence-corrected chi connectivity index (χ4v) is 1.77. The highest BCUT2D eigenvalue weighted by Crippen LogP contribution is 2.17. The summed E-state index contributed by atoms with van der Waals surface area (Å²) >= 11 is 0. The second-order valence-electron chi connectivity index (χ2n) is 5.05. The number of hydrogen-bond acceptors (Lipinski definition) is 4. The molecule has 2 rings (SSSR count). The van der Waals surface area contributed by atoms with E-state index in [1.54, 1.807) is 25.1 Å². The van der Waals surface area contributed by atoms with Crippen LogP contribution < -0.4 is 11.1 Å². The maximum atomic E-state index is 12.1. The van der Waals surface area contributed by atoms with E-state index in [-0.39, 0.29) is 11.7 Å². The summed E-state index contributed by atoms with van der Waals surface area (Å²) in [5.41, 5.74) is 6.92. The van der Waals surface area contributed by atoms with E-state index in [1.165, 1.54) is 0 Å². The molecule has 0 radical (unpaired) electrons. The molecule has 2 amide bonds. The van der Waals surface area contributed by atoms with Crippen molar-refractivity contribution in [2.45, 2.75) is 26.7 Å². The highest BCUT2D eigenvalue weighted by molar-refractivity contribution is 6.02. The van der Waals surface area contributed by atoms with Crippen LogP contribution in [0.25, 0.3) is 0 Å². The average Bonchev–Trinajstić information content (AvgIpc) is 2.90. The number of hydrogen-bond donors (Lipinski definition) is 3. The third-order valence-corrected chi connectivity index (χ3v) is 3.01. The topological polar surface area (TPSA) is 114 Å². The first-order chi connectivity index (χ1) is 9.88. The van der Waals surface area contributed by atoms with Gasteiger partial charge in [0, 0.05) is 17.2 Å². The molecule has 0 aliphatic heterocycles. The first kappa shape index (κ1) is 14.7. The standard InChI is InChI=1S/C14H17N5O2/c1-7(2)12-17-13(19-18-12)14(21)16-10-5-4-9(11(15)20)6-8(10)3/h4-7H,1-3H3,(H2,15,20)(H,16,21)(H,17,18,19). The van der Waals surface area contributed by atoms with Crippen LogP contribution >= 0.6 is 0 Å². The molecule has 21 heavy (non-hydrogen) atoms. The van der Waals surface area contributed by atoms with Gasteiger partial charge in [0.25, 0.3) is 5.91 Å². The van der Waals surface area contributed by atoms with E-state index in [9.17, 15) is 9.59 Å². The molecule has 0 unspecified atom stereocenters. The summed E-state index contributed by atoms with van der Waals surface area (Å²) in [4.78, 5) is 27.3. The summed E-state index contributed by atoms with van der Waals surface area (Å²) < 4.78 is 0. The predicted molar refractivity (Wildman–Crippen MR) is 78.1 cm³/mol. The van der Waals surface area contributed by atoms with Gasteiger partial charge in [0.2, 0.25) is 11.7 Å². The molecule has 4 N–H and O–H groups in total. The van der Waals surface area contributed by atoms with E-state index in [0.29, 0.717) is 17.1 Å². The molecule has 0 saturated heterocycles. The number of nitrogens with one attached hydrogen (secondary N) is 2. The smallest absolute Gasteiger partial charge is 0.295 e. The number of aromatic amines is 1. The number of aryl methyl sites for hydroxylation is 1. The van der Waals surface area contributed by atoms with Gasteiger partial charge in [0.1, 0.15) is 5.82 Å². The Kier molecular flexibility index (Phi) is 4.02. The highest BCUT2D eigenvalue weighted by atomic mass is 16.2. The number of carbonyl (C=O) groups excluding carboxylic acids is 2. The lowest BCUT2D eigenvalue weighted by atomic mass is 10.1. The minimum absolute atomic E-state index is 0.0806. The normalized spacial score (nSPS) is 10.7. The Balaban J connectivity index is 2.17.